The normalized spacial score (nSPS) is 12.0. The van der Waals surface area contributed by atoms with Crippen LogP contribution in [0.2, 0.25) is 0 Å². The maximum atomic E-state index is 13.5. The zero-order valence-electron chi connectivity index (χ0n) is 51.0. The van der Waals surface area contributed by atoms with Crippen molar-refractivity contribution in [1.82, 2.24) is 19.4 Å². The fourth-order valence-corrected chi connectivity index (χ4v) is 13.1. The van der Waals surface area contributed by atoms with Gasteiger partial charge in [-0.1, -0.05) is 31.7 Å². The van der Waals surface area contributed by atoms with Gasteiger partial charge in [-0.25, -0.2) is 45.8 Å². The SMILES string of the molecule is C.CC(C)OC(=O)Nc1ccc(-c2ncc(-c3ccc(CCC(=O)OC(C)(C)C)cc3S(=O)(=O)NC(C)(C)C)s2)cc1.CC(C)OC(=O)Nc1ccc(-c2ncc(Br)s2)cc1.Cc1ccc(CCC(=O)OC(C)(C)C)cc1S(=O)(=O)NC(C)(C)C. The summed E-state index contributed by atoms with van der Waals surface area (Å²) in [7, 11) is -7.51. The fourth-order valence-electron chi connectivity index (χ4n) is 7.47. The third-order valence-electron chi connectivity index (χ3n) is 10.5. The molecule has 18 nitrogen and oxygen atoms in total. The average molecular weight is 1310 g/mol. The van der Waals surface area contributed by atoms with Crippen molar-refractivity contribution in [2.24, 2.45) is 0 Å². The number of hydrogen-bond acceptors (Lipinski definition) is 16. The summed E-state index contributed by atoms with van der Waals surface area (Å²) in [6, 6.07) is 25.1. The molecule has 4 aromatic carbocycles. The molecule has 2 heterocycles. The predicted molar refractivity (Wildman–Crippen MR) is 345 cm³/mol. The average Bonchev–Trinajstić information content (AvgIpc) is 2.80. The Hall–Kier alpha value is -6.08. The van der Waals surface area contributed by atoms with E-state index in [1.54, 1.807) is 143 Å². The number of carbonyl (C=O) groups is 4. The second-order valence-corrected chi connectivity index (χ2v) is 30.9. The van der Waals surface area contributed by atoms with E-state index in [4.69, 9.17) is 18.9 Å². The van der Waals surface area contributed by atoms with Gasteiger partial charge in [0, 0.05) is 58.2 Å². The Morgan fingerprint density at radius 1 is 0.553 bits per heavy atom. The molecule has 0 spiro atoms. The van der Waals surface area contributed by atoms with Crippen LogP contribution in [0.3, 0.4) is 0 Å². The molecule has 2 amide bonds. The lowest BCUT2D eigenvalue weighted by molar-refractivity contribution is -0.155. The maximum absolute atomic E-state index is 13.5. The van der Waals surface area contributed by atoms with E-state index < -0.39 is 54.5 Å². The number of amides is 2. The number of nitrogens with zero attached hydrogens (tertiary/aromatic N) is 2. The number of hydrogen-bond donors (Lipinski definition) is 4. The first-order valence-corrected chi connectivity index (χ1v) is 32.5. The Morgan fingerprint density at radius 2 is 0.941 bits per heavy atom. The summed E-state index contributed by atoms with van der Waals surface area (Å²) in [5.74, 6) is -0.635. The number of rotatable bonds is 17. The molecule has 0 unspecified atom stereocenters. The molecule has 0 saturated heterocycles. The van der Waals surface area contributed by atoms with Crippen LogP contribution in [0.15, 0.2) is 111 Å². The topological polar surface area (TPSA) is 247 Å². The summed E-state index contributed by atoms with van der Waals surface area (Å²) in [4.78, 5) is 57.2. The van der Waals surface area contributed by atoms with Crippen molar-refractivity contribution in [3.05, 3.63) is 118 Å². The van der Waals surface area contributed by atoms with Crippen molar-refractivity contribution in [2.45, 2.75) is 195 Å². The van der Waals surface area contributed by atoms with E-state index in [1.165, 1.54) is 11.3 Å². The van der Waals surface area contributed by atoms with Gasteiger partial charge in [-0.15, -0.1) is 22.7 Å². The van der Waals surface area contributed by atoms with E-state index in [9.17, 15) is 36.0 Å². The summed E-state index contributed by atoms with van der Waals surface area (Å²) < 4.78 is 79.3. The van der Waals surface area contributed by atoms with Crippen molar-refractivity contribution in [2.75, 3.05) is 10.6 Å². The first-order chi connectivity index (χ1) is 38.7. The molecule has 0 saturated carbocycles. The maximum Gasteiger partial charge on any atom is 0.411 e. The van der Waals surface area contributed by atoms with Crippen molar-refractivity contribution in [3.63, 3.8) is 0 Å². The summed E-state index contributed by atoms with van der Waals surface area (Å²) in [5, 5.41) is 6.97. The van der Waals surface area contributed by atoms with Crippen LogP contribution in [0, 0.1) is 6.92 Å². The molecule has 0 radical (unpaired) electrons. The van der Waals surface area contributed by atoms with Gasteiger partial charge in [0.25, 0.3) is 0 Å². The van der Waals surface area contributed by atoms with Crippen molar-refractivity contribution < 1.29 is 55.0 Å². The molecule has 4 N–H and O–H groups in total. The lowest BCUT2D eigenvalue weighted by Crippen LogP contribution is -2.40. The molecule has 2 aromatic heterocycles. The first kappa shape index (κ1) is 73.2. The molecule has 0 atom stereocenters. The monoisotopic (exact) mass is 1310 g/mol. The van der Waals surface area contributed by atoms with Crippen LogP contribution < -0.4 is 20.1 Å². The molecule has 6 aromatic rings. The Morgan fingerprint density at radius 3 is 1.33 bits per heavy atom. The minimum atomic E-state index is -3.91. The van der Waals surface area contributed by atoms with E-state index in [2.05, 4.69) is 46.0 Å². The minimum absolute atomic E-state index is 0. The van der Waals surface area contributed by atoms with E-state index in [0.717, 1.165) is 25.5 Å². The second kappa shape index (κ2) is 31.0. The van der Waals surface area contributed by atoms with Gasteiger partial charge in [0.2, 0.25) is 20.0 Å². The first-order valence-electron chi connectivity index (χ1n) is 27.1. The van der Waals surface area contributed by atoms with Crippen LogP contribution in [0.25, 0.3) is 31.6 Å². The molecule has 0 aliphatic rings. The Bertz CT molecular complexity index is 3430. The summed E-state index contributed by atoms with van der Waals surface area (Å²) in [6.45, 7) is 30.5. The highest BCUT2D eigenvalue weighted by Gasteiger charge is 2.28. The number of benzene rings is 4. The van der Waals surface area contributed by atoms with Gasteiger partial charge < -0.3 is 18.9 Å². The molecule has 0 bridgehead atoms. The van der Waals surface area contributed by atoms with Gasteiger partial charge in [-0.05, 0) is 224 Å². The quantitative estimate of drug-likeness (QED) is 0.0490. The van der Waals surface area contributed by atoms with E-state index >= 15 is 0 Å². The number of halogens is 1. The highest BCUT2D eigenvalue weighted by molar-refractivity contribution is 9.11. The standard InChI is InChI=1S/C30H39N3O6S2.C18H29NO4S.C13H13BrN2O2S.CH4/c1-19(2)38-28(35)32-22-13-11-21(12-14-22)27-31-18-24(40-27)23-15-9-20(10-16-26(34)39-30(6,7)8)17-25(23)41(36,37)33-29(3,4)5;1-13-8-9-14(10-11-16(20)23-18(5,6)7)12-15(13)24(21,22)19-17(2,3)4;1-8(2)18-13(17)16-10-5-3-9(4-6-10)12-15-7-11(14)19-12;/h9,11-15,17-19,33H,10,16H2,1-8H3,(H,32,35);8-9,12,19H,10-11H2,1-7H3;3-8H,1-2H3,(H,16,17);1H4. The number of aryl methyl sites for hydroxylation is 3. The fraction of sp³-hybridized carbons (Fsp3) is 0.452. The smallest absolute Gasteiger partial charge is 0.411 e. The molecule has 6 rings (SSSR count). The number of aromatic nitrogens is 2. The van der Waals surface area contributed by atoms with Crippen LogP contribution in [0.4, 0.5) is 21.0 Å². The zero-order chi connectivity index (χ0) is 63.2. The molecule has 0 fully saturated rings. The summed E-state index contributed by atoms with van der Waals surface area (Å²) in [6.07, 6.45) is 3.21. The molecule has 23 heteroatoms. The number of anilines is 2. The zero-order valence-corrected chi connectivity index (χ0v) is 55.9. The third-order valence-corrected chi connectivity index (χ3v) is 16.8. The van der Waals surface area contributed by atoms with Crippen LogP contribution >= 0.6 is 38.6 Å². The number of carbonyl (C=O) groups excluding carboxylic acids is 4. The number of esters is 2. The van der Waals surface area contributed by atoms with E-state index in [0.29, 0.717) is 50.8 Å². The lowest BCUT2D eigenvalue weighted by atomic mass is 10.1. The Labute approximate surface area is 520 Å². The molecular formula is C62H85BrN6O12S4. The van der Waals surface area contributed by atoms with Gasteiger partial charge >= 0.3 is 24.1 Å². The molecule has 85 heavy (non-hydrogen) atoms. The Kier molecular flexibility index (Phi) is 26.7. The number of sulfonamides is 2. The largest absolute Gasteiger partial charge is 0.460 e. The van der Waals surface area contributed by atoms with Crippen LogP contribution in [-0.4, -0.2) is 85.4 Å². The Balaban J connectivity index is 0.000000364. The van der Waals surface area contributed by atoms with Crippen molar-refractivity contribution in [3.8, 4) is 31.6 Å². The number of thiazole rings is 2. The minimum Gasteiger partial charge on any atom is -0.460 e. The van der Waals surface area contributed by atoms with Gasteiger partial charge in [0.15, 0.2) is 0 Å². The van der Waals surface area contributed by atoms with Gasteiger partial charge in [-0.3, -0.25) is 20.2 Å². The van der Waals surface area contributed by atoms with Gasteiger partial charge in [-0.2, -0.15) is 0 Å². The predicted octanol–water partition coefficient (Wildman–Crippen LogP) is 15.3. The molecule has 466 valence electrons. The van der Waals surface area contributed by atoms with Crippen molar-refractivity contribution in [1.29, 1.82) is 0 Å². The van der Waals surface area contributed by atoms with E-state index in [1.807, 2.05) is 83.1 Å². The molecule has 0 aliphatic heterocycles. The van der Waals surface area contributed by atoms with Crippen LogP contribution in [-0.2, 0) is 61.4 Å². The molecular weight excluding hydrogens is 1230 g/mol. The number of ether oxygens (including phenoxy) is 4. The number of nitrogens with one attached hydrogen (secondary N) is 4. The van der Waals surface area contributed by atoms with Crippen molar-refractivity contribution >= 4 is 94.1 Å². The van der Waals surface area contributed by atoms with Crippen LogP contribution in [0.1, 0.15) is 148 Å². The van der Waals surface area contributed by atoms with E-state index in [-0.39, 0.29) is 54.2 Å². The summed E-state index contributed by atoms with van der Waals surface area (Å²) in [5.41, 5.74) is 3.43. The lowest BCUT2D eigenvalue weighted by Gasteiger charge is -2.22. The van der Waals surface area contributed by atoms with Crippen LogP contribution in [0.5, 0.6) is 0 Å². The highest BCUT2D eigenvalue weighted by atomic mass is 79.9. The third kappa shape index (κ3) is 26.6. The van der Waals surface area contributed by atoms with Gasteiger partial charge in [0.05, 0.1) is 36.9 Å². The second-order valence-electron chi connectivity index (χ2n) is 24.1. The molecule has 0 aliphatic carbocycles. The van der Waals surface area contributed by atoms with Gasteiger partial charge in [0.1, 0.15) is 21.2 Å². The summed E-state index contributed by atoms with van der Waals surface area (Å²) >= 11 is 6.30. The highest BCUT2D eigenvalue weighted by Crippen LogP contribution is 2.37.